The average Bonchev–Trinajstić information content (AvgIpc) is 2.54. The Morgan fingerprint density at radius 1 is 1.56 bits per heavy atom. The van der Waals surface area contributed by atoms with E-state index in [0.29, 0.717) is 10.9 Å². The predicted molar refractivity (Wildman–Crippen MR) is 55.5 cm³/mol. The second kappa shape index (κ2) is 3.73. The van der Waals surface area contributed by atoms with Gasteiger partial charge in [0, 0.05) is 7.05 Å². The highest BCUT2D eigenvalue weighted by Crippen LogP contribution is 2.30. The predicted octanol–water partition coefficient (Wildman–Crippen LogP) is 0.742. The van der Waals surface area contributed by atoms with Crippen molar-refractivity contribution in [2.75, 3.05) is 6.61 Å². The van der Waals surface area contributed by atoms with Crippen molar-refractivity contribution < 1.29 is 19.7 Å². The first kappa shape index (κ1) is 10.3. The van der Waals surface area contributed by atoms with Crippen LogP contribution >= 0.6 is 0 Å². The van der Waals surface area contributed by atoms with Crippen molar-refractivity contribution >= 4 is 16.9 Å². The molecular formula is C10H10N2O4. The summed E-state index contributed by atoms with van der Waals surface area (Å²) < 4.78 is 6.46. The monoisotopic (exact) mass is 222 g/mol. The summed E-state index contributed by atoms with van der Waals surface area (Å²) in [5.41, 5.74) is 0.517. The molecule has 6 heteroatoms. The van der Waals surface area contributed by atoms with E-state index in [1.54, 1.807) is 19.2 Å². The molecule has 0 aliphatic rings. The third-order valence-corrected chi connectivity index (χ3v) is 2.14. The molecule has 6 nitrogen and oxygen atoms in total. The van der Waals surface area contributed by atoms with Crippen LogP contribution in [0.1, 0.15) is 0 Å². The highest BCUT2D eigenvalue weighted by atomic mass is 16.5. The van der Waals surface area contributed by atoms with Crippen molar-refractivity contribution in [3.8, 4) is 11.6 Å². The van der Waals surface area contributed by atoms with Crippen LogP contribution in [0.2, 0.25) is 0 Å². The van der Waals surface area contributed by atoms with Crippen LogP contribution in [0.5, 0.6) is 11.6 Å². The van der Waals surface area contributed by atoms with Crippen molar-refractivity contribution in [3.05, 3.63) is 18.2 Å². The van der Waals surface area contributed by atoms with Gasteiger partial charge in [-0.05, 0) is 12.1 Å². The maximum Gasteiger partial charge on any atom is 0.341 e. The molecule has 0 aliphatic heterocycles. The summed E-state index contributed by atoms with van der Waals surface area (Å²) in [5.74, 6) is -0.785. The van der Waals surface area contributed by atoms with E-state index in [4.69, 9.17) is 9.84 Å². The van der Waals surface area contributed by atoms with Gasteiger partial charge in [0.05, 0.1) is 5.39 Å². The highest BCUT2D eigenvalue weighted by Gasteiger charge is 2.13. The lowest BCUT2D eigenvalue weighted by molar-refractivity contribution is -0.139. The van der Waals surface area contributed by atoms with Gasteiger partial charge in [0.2, 0.25) is 5.88 Å². The number of aromatic hydroxyl groups is 1. The average molecular weight is 222 g/mol. The van der Waals surface area contributed by atoms with Gasteiger partial charge >= 0.3 is 5.97 Å². The fourth-order valence-corrected chi connectivity index (χ4v) is 1.52. The number of aromatic nitrogens is 2. The Balaban J connectivity index is 2.47. The van der Waals surface area contributed by atoms with Gasteiger partial charge in [0.25, 0.3) is 0 Å². The number of ether oxygens (including phenoxy) is 1. The van der Waals surface area contributed by atoms with E-state index in [1.165, 1.54) is 10.7 Å². The minimum Gasteiger partial charge on any atom is -0.506 e. The molecule has 0 saturated carbocycles. The van der Waals surface area contributed by atoms with Crippen molar-refractivity contribution in [2.24, 2.45) is 7.05 Å². The molecule has 0 atom stereocenters. The zero-order valence-electron chi connectivity index (χ0n) is 8.54. The van der Waals surface area contributed by atoms with Gasteiger partial charge in [0.15, 0.2) is 6.61 Å². The van der Waals surface area contributed by atoms with Gasteiger partial charge in [-0.1, -0.05) is 6.07 Å². The Morgan fingerprint density at radius 2 is 2.31 bits per heavy atom. The summed E-state index contributed by atoms with van der Waals surface area (Å²) in [6.45, 7) is -0.457. The summed E-state index contributed by atoms with van der Waals surface area (Å²) in [6, 6.07) is 4.89. The van der Waals surface area contributed by atoms with Crippen LogP contribution in [0.15, 0.2) is 18.2 Å². The van der Waals surface area contributed by atoms with Gasteiger partial charge < -0.3 is 14.9 Å². The second-order valence-corrected chi connectivity index (χ2v) is 3.28. The van der Waals surface area contributed by atoms with Gasteiger partial charge in [-0.2, -0.15) is 0 Å². The Hall–Kier alpha value is -2.24. The summed E-state index contributed by atoms with van der Waals surface area (Å²) in [7, 11) is 1.65. The molecule has 0 saturated heterocycles. The number of fused-ring (bicyclic) bond motifs is 1. The van der Waals surface area contributed by atoms with Crippen molar-refractivity contribution in [1.29, 1.82) is 0 Å². The zero-order valence-corrected chi connectivity index (χ0v) is 8.54. The molecule has 1 aromatic carbocycles. The Kier molecular flexibility index (Phi) is 2.40. The smallest absolute Gasteiger partial charge is 0.341 e. The van der Waals surface area contributed by atoms with Crippen LogP contribution in [0.25, 0.3) is 10.9 Å². The lowest BCUT2D eigenvalue weighted by Gasteiger charge is -1.98. The van der Waals surface area contributed by atoms with Gasteiger partial charge in [-0.3, -0.25) is 4.68 Å². The first-order valence-electron chi connectivity index (χ1n) is 4.59. The lowest BCUT2D eigenvalue weighted by Crippen LogP contribution is -2.09. The molecule has 0 aliphatic carbocycles. The third-order valence-electron chi connectivity index (χ3n) is 2.14. The number of nitrogens with zero attached hydrogens (tertiary/aromatic N) is 2. The summed E-state index contributed by atoms with van der Waals surface area (Å²) in [6.07, 6.45) is 0. The second-order valence-electron chi connectivity index (χ2n) is 3.28. The molecule has 84 valence electrons. The van der Waals surface area contributed by atoms with E-state index in [1.807, 2.05) is 0 Å². The number of hydrogen-bond donors (Lipinski definition) is 2. The van der Waals surface area contributed by atoms with E-state index in [0.717, 1.165) is 0 Å². The summed E-state index contributed by atoms with van der Waals surface area (Å²) in [4.78, 5) is 10.4. The number of para-hydroxylation sites is 1. The molecule has 0 radical (unpaired) electrons. The van der Waals surface area contributed by atoms with Crippen LogP contribution in [-0.2, 0) is 11.8 Å². The minimum absolute atomic E-state index is 0.0812. The standard InChI is InChI=1S/C10H10N2O4/c1-12-9-6(3-2-4-7(9)13)10(11-12)16-5-8(14)15/h2-4,13H,5H2,1H3,(H,14,15). The number of hydrogen-bond acceptors (Lipinski definition) is 4. The normalized spacial score (nSPS) is 10.6. The maximum absolute atomic E-state index is 10.4. The Bertz CT molecular complexity index is 547. The number of aryl methyl sites for hydroxylation is 1. The van der Waals surface area contributed by atoms with Crippen molar-refractivity contribution in [3.63, 3.8) is 0 Å². The first-order chi connectivity index (χ1) is 7.59. The van der Waals surface area contributed by atoms with Gasteiger partial charge in [-0.25, -0.2) is 4.79 Å². The first-order valence-corrected chi connectivity index (χ1v) is 4.59. The van der Waals surface area contributed by atoms with Crippen LogP contribution < -0.4 is 4.74 Å². The van der Waals surface area contributed by atoms with Gasteiger partial charge in [-0.15, -0.1) is 5.10 Å². The molecule has 0 unspecified atom stereocenters. The summed E-state index contributed by atoms with van der Waals surface area (Å²) >= 11 is 0. The Labute approximate surface area is 90.7 Å². The number of rotatable bonds is 3. The molecule has 1 aromatic heterocycles. The van der Waals surface area contributed by atoms with E-state index in [9.17, 15) is 9.90 Å². The molecule has 16 heavy (non-hydrogen) atoms. The topological polar surface area (TPSA) is 84.6 Å². The SMILES string of the molecule is Cn1nc(OCC(=O)O)c2cccc(O)c21. The number of phenols is 1. The number of carboxylic acid groups (broad SMARTS) is 1. The molecule has 0 amide bonds. The summed E-state index contributed by atoms with van der Waals surface area (Å²) in [5, 5.41) is 22.7. The number of phenolic OH excluding ortho intramolecular Hbond substituents is 1. The molecule has 0 fully saturated rings. The zero-order chi connectivity index (χ0) is 11.7. The molecule has 0 spiro atoms. The van der Waals surface area contributed by atoms with E-state index < -0.39 is 12.6 Å². The largest absolute Gasteiger partial charge is 0.506 e. The number of benzene rings is 1. The van der Waals surface area contributed by atoms with Crippen molar-refractivity contribution in [1.82, 2.24) is 9.78 Å². The quantitative estimate of drug-likeness (QED) is 0.800. The van der Waals surface area contributed by atoms with E-state index in [2.05, 4.69) is 5.10 Å². The number of aliphatic carboxylic acids is 1. The van der Waals surface area contributed by atoms with E-state index >= 15 is 0 Å². The molecule has 2 rings (SSSR count). The van der Waals surface area contributed by atoms with E-state index in [-0.39, 0.29) is 11.6 Å². The third kappa shape index (κ3) is 1.65. The number of carbonyl (C=O) groups is 1. The molecular weight excluding hydrogens is 212 g/mol. The van der Waals surface area contributed by atoms with Crippen molar-refractivity contribution in [2.45, 2.75) is 0 Å². The van der Waals surface area contributed by atoms with Gasteiger partial charge in [0.1, 0.15) is 11.3 Å². The maximum atomic E-state index is 10.4. The molecule has 2 aromatic rings. The molecule has 1 heterocycles. The fraction of sp³-hybridized carbons (Fsp3) is 0.200. The fourth-order valence-electron chi connectivity index (χ4n) is 1.52. The van der Waals surface area contributed by atoms with Crippen LogP contribution in [-0.4, -0.2) is 32.6 Å². The van der Waals surface area contributed by atoms with Crippen LogP contribution in [0.3, 0.4) is 0 Å². The molecule has 0 bridgehead atoms. The molecule has 2 N–H and O–H groups in total. The lowest BCUT2D eigenvalue weighted by atomic mass is 10.2. The minimum atomic E-state index is -1.07. The van der Waals surface area contributed by atoms with Crippen LogP contribution in [0, 0.1) is 0 Å². The van der Waals surface area contributed by atoms with Crippen LogP contribution in [0.4, 0.5) is 0 Å². The number of carboxylic acids is 1. The Morgan fingerprint density at radius 3 is 3.00 bits per heavy atom. The highest BCUT2D eigenvalue weighted by molar-refractivity contribution is 5.89.